The zero-order valence-electron chi connectivity index (χ0n) is 21.6. The minimum atomic E-state index is -0.0547. The number of nitrogens with zero attached hydrogens (tertiary/aromatic N) is 1. The van der Waals surface area contributed by atoms with Crippen LogP contribution in [0.3, 0.4) is 0 Å². The summed E-state index contributed by atoms with van der Waals surface area (Å²) in [6.45, 7) is 7.19. The normalized spacial score (nSPS) is 19.6. The molecule has 3 rings (SSSR count). The molecule has 0 amide bonds. The van der Waals surface area contributed by atoms with E-state index in [9.17, 15) is 0 Å². The molecule has 1 aromatic rings. The van der Waals surface area contributed by atoms with Crippen molar-refractivity contribution >= 4 is 38.5 Å². The molecule has 2 aliphatic rings. The van der Waals surface area contributed by atoms with Crippen molar-refractivity contribution in [3.05, 3.63) is 26.2 Å². The largest absolute Gasteiger partial charge is 0.490 e. The molecule has 0 saturated carbocycles. The Balaban J connectivity index is 0.000000573. The number of hydrogen-bond acceptors (Lipinski definition) is 7. The molecular weight excluding hydrogens is 617 g/mol. The maximum Gasteiger partial charge on any atom is 0.157 e. The molecule has 0 aromatic heterocycles. The summed E-state index contributed by atoms with van der Waals surface area (Å²) < 4.78 is 29.3. The Morgan fingerprint density at radius 3 is 1.91 bits per heavy atom. The van der Waals surface area contributed by atoms with Gasteiger partial charge in [-0.05, 0) is 116 Å². The van der Waals surface area contributed by atoms with Gasteiger partial charge in [0.15, 0.2) is 12.6 Å². The molecule has 0 spiro atoms. The first kappa shape index (κ1) is 34.0. The van der Waals surface area contributed by atoms with Crippen LogP contribution in [-0.2, 0) is 18.9 Å². The number of ether oxygens (including phenoxy) is 5. The van der Waals surface area contributed by atoms with Crippen LogP contribution in [0, 0.1) is 3.57 Å². The molecule has 9 heteroatoms. The summed E-state index contributed by atoms with van der Waals surface area (Å²) in [6.07, 6.45) is 6.52. The van der Waals surface area contributed by atoms with Gasteiger partial charge < -0.3 is 33.7 Å². The number of halogens is 2. The van der Waals surface area contributed by atoms with E-state index < -0.39 is 0 Å². The predicted molar refractivity (Wildman–Crippen MR) is 149 cm³/mol. The van der Waals surface area contributed by atoms with Gasteiger partial charge in [0.1, 0.15) is 12.4 Å². The van der Waals surface area contributed by atoms with Crippen molar-refractivity contribution in [1.29, 1.82) is 0 Å². The summed E-state index contributed by atoms with van der Waals surface area (Å²) in [5, 5.41) is 8.42. The van der Waals surface area contributed by atoms with Crippen molar-refractivity contribution in [3.8, 4) is 5.75 Å². The van der Waals surface area contributed by atoms with Crippen molar-refractivity contribution in [3.63, 3.8) is 0 Å². The van der Waals surface area contributed by atoms with Gasteiger partial charge in [-0.25, -0.2) is 0 Å². The van der Waals surface area contributed by atoms with Crippen LogP contribution in [0.1, 0.15) is 52.4 Å². The molecule has 1 N–H and O–H groups in total. The zero-order valence-corrected chi connectivity index (χ0v) is 25.3. The van der Waals surface area contributed by atoms with Crippen molar-refractivity contribution in [2.45, 2.75) is 65.0 Å². The highest BCUT2D eigenvalue weighted by Crippen LogP contribution is 2.26. The molecule has 2 aliphatic heterocycles. The molecule has 0 radical (unpaired) electrons. The molecule has 2 atom stereocenters. The molecule has 34 heavy (non-hydrogen) atoms. The lowest BCUT2D eigenvalue weighted by atomic mass is 10.2. The fourth-order valence-corrected chi connectivity index (χ4v) is 4.21. The van der Waals surface area contributed by atoms with Crippen LogP contribution in [0.2, 0.25) is 0 Å². The predicted octanol–water partition coefficient (Wildman–Crippen LogP) is 5.70. The van der Waals surface area contributed by atoms with Gasteiger partial charge in [-0.2, -0.15) is 0 Å². The average Bonchev–Trinajstić information content (AvgIpc) is 2.84. The lowest BCUT2D eigenvalue weighted by Crippen LogP contribution is -2.24. The van der Waals surface area contributed by atoms with Gasteiger partial charge in [0.2, 0.25) is 0 Å². The van der Waals surface area contributed by atoms with Gasteiger partial charge in [0, 0.05) is 16.8 Å². The second-order valence-electron chi connectivity index (χ2n) is 7.82. The fourth-order valence-electron chi connectivity index (χ4n) is 2.79. The van der Waals surface area contributed by atoms with Crippen LogP contribution >= 0.6 is 38.5 Å². The van der Waals surface area contributed by atoms with E-state index in [0.717, 1.165) is 49.1 Å². The van der Waals surface area contributed by atoms with Crippen LogP contribution in [0.5, 0.6) is 5.75 Å². The molecule has 2 saturated heterocycles. The van der Waals surface area contributed by atoms with E-state index in [1.54, 1.807) is 0 Å². The number of benzene rings is 1. The smallest absolute Gasteiger partial charge is 0.157 e. The van der Waals surface area contributed by atoms with E-state index in [1.807, 2.05) is 58.1 Å². The Morgan fingerprint density at radius 1 is 0.941 bits per heavy atom. The van der Waals surface area contributed by atoms with Gasteiger partial charge in [0.05, 0.1) is 24.3 Å². The number of aliphatic hydroxyl groups excluding tert-OH is 1. The first-order chi connectivity index (χ1) is 16.4. The van der Waals surface area contributed by atoms with Crippen LogP contribution < -0.4 is 4.74 Å². The monoisotopic (exact) mass is 661 g/mol. The Kier molecular flexibility index (Phi) is 23.4. The fraction of sp³-hybridized carbons (Fsp3) is 0.760. The average molecular weight is 662 g/mol. The summed E-state index contributed by atoms with van der Waals surface area (Å²) in [5.41, 5.74) is 0. The maximum atomic E-state index is 8.42. The number of aliphatic hydroxyl groups is 1. The SMILES string of the molecule is Brc1cc(I)ccc1OCCOC1CCCCO1.CC.CN(C)C.OCCOC1CCCCO1. The number of hydrogen-bond donors (Lipinski definition) is 1. The topological polar surface area (TPSA) is 69.6 Å². The minimum absolute atomic E-state index is 0.0393. The molecule has 0 aliphatic carbocycles. The van der Waals surface area contributed by atoms with Crippen molar-refractivity contribution in [2.24, 2.45) is 0 Å². The zero-order chi connectivity index (χ0) is 25.6. The van der Waals surface area contributed by atoms with E-state index in [0.29, 0.717) is 19.8 Å². The van der Waals surface area contributed by atoms with Crippen molar-refractivity contribution in [2.75, 3.05) is 60.8 Å². The standard InChI is InChI=1S/C13H16BrIO3.C7H14O3.C3H9N.C2H6/c14-11-9-10(15)4-5-12(11)16-7-8-18-13-3-1-2-6-17-13;8-4-6-10-7-3-1-2-5-9-7;1-4(2)3;1-2/h4-5,9,13H,1-3,6-8H2;7-8H,1-6H2;1-3H3;1-2H3. The van der Waals surface area contributed by atoms with Crippen LogP contribution in [0.4, 0.5) is 0 Å². The van der Waals surface area contributed by atoms with E-state index in [-0.39, 0.29) is 19.2 Å². The molecule has 1 aromatic carbocycles. The summed E-state index contributed by atoms with van der Waals surface area (Å²) >= 11 is 5.75. The van der Waals surface area contributed by atoms with Crippen molar-refractivity contribution in [1.82, 2.24) is 4.90 Å². The Labute approximate surface area is 229 Å². The van der Waals surface area contributed by atoms with Gasteiger partial charge in [-0.15, -0.1) is 0 Å². The first-order valence-electron chi connectivity index (χ1n) is 12.2. The highest BCUT2D eigenvalue weighted by atomic mass is 127. The van der Waals surface area contributed by atoms with E-state index in [2.05, 4.69) is 38.5 Å². The quantitative estimate of drug-likeness (QED) is 0.283. The summed E-state index contributed by atoms with van der Waals surface area (Å²) in [7, 11) is 6.00. The first-order valence-corrected chi connectivity index (χ1v) is 14.1. The molecule has 2 heterocycles. The second kappa shape index (κ2) is 23.4. The van der Waals surface area contributed by atoms with Gasteiger partial charge in [0.25, 0.3) is 0 Å². The van der Waals surface area contributed by atoms with Gasteiger partial charge in [-0.3, -0.25) is 0 Å². The molecule has 2 fully saturated rings. The highest BCUT2D eigenvalue weighted by Gasteiger charge is 2.14. The van der Waals surface area contributed by atoms with E-state index in [4.69, 9.17) is 28.8 Å². The molecule has 0 bridgehead atoms. The van der Waals surface area contributed by atoms with E-state index >= 15 is 0 Å². The third kappa shape index (κ3) is 19.2. The lowest BCUT2D eigenvalue weighted by molar-refractivity contribution is -0.166. The molecule has 2 unspecified atom stereocenters. The maximum absolute atomic E-state index is 8.42. The Morgan fingerprint density at radius 2 is 1.47 bits per heavy atom. The highest BCUT2D eigenvalue weighted by molar-refractivity contribution is 14.1. The van der Waals surface area contributed by atoms with Crippen molar-refractivity contribution < 1.29 is 28.8 Å². The van der Waals surface area contributed by atoms with Crippen LogP contribution in [0.25, 0.3) is 0 Å². The Bertz CT molecular complexity index is 582. The van der Waals surface area contributed by atoms with E-state index in [1.165, 1.54) is 16.4 Å². The third-order valence-corrected chi connectivity index (χ3v) is 5.50. The van der Waals surface area contributed by atoms with Crippen LogP contribution in [0.15, 0.2) is 22.7 Å². The lowest BCUT2D eigenvalue weighted by Gasteiger charge is -2.22. The molecule has 7 nitrogen and oxygen atoms in total. The molecule has 200 valence electrons. The summed E-state index contributed by atoms with van der Waals surface area (Å²) in [4.78, 5) is 2.00. The molecular formula is C25H45BrINO6. The Hall–Kier alpha value is -0.0100. The third-order valence-electron chi connectivity index (χ3n) is 4.21. The number of rotatable bonds is 8. The minimum Gasteiger partial charge on any atom is -0.490 e. The van der Waals surface area contributed by atoms with Crippen LogP contribution in [-0.4, -0.2) is 83.4 Å². The second-order valence-corrected chi connectivity index (χ2v) is 9.92. The van der Waals surface area contributed by atoms with Gasteiger partial charge >= 0.3 is 0 Å². The summed E-state index contributed by atoms with van der Waals surface area (Å²) in [5.74, 6) is 0.851. The van der Waals surface area contributed by atoms with Gasteiger partial charge in [-0.1, -0.05) is 13.8 Å². The summed E-state index contributed by atoms with van der Waals surface area (Å²) in [6, 6.07) is 6.01.